The normalized spacial score (nSPS) is 22.1. The van der Waals surface area contributed by atoms with Crippen LogP contribution in [0.1, 0.15) is 56.8 Å². The molecule has 5 aromatic rings. The maximum atomic E-state index is 12.1. The van der Waals surface area contributed by atoms with Gasteiger partial charge in [0, 0.05) is 46.2 Å². The predicted octanol–water partition coefficient (Wildman–Crippen LogP) is 4.84. The molecule has 6 unspecified atom stereocenters. The smallest absolute Gasteiger partial charge is 0.200 e. The average Bonchev–Trinajstić information content (AvgIpc) is 3.09. The summed E-state index contributed by atoms with van der Waals surface area (Å²) in [7, 11) is 0. The molecule has 0 bridgehead atoms. The first-order chi connectivity index (χ1) is 24.7. The van der Waals surface area contributed by atoms with Crippen molar-refractivity contribution >= 4 is 11.8 Å². The van der Waals surface area contributed by atoms with Crippen LogP contribution in [0.3, 0.4) is 0 Å². The summed E-state index contributed by atoms with van der Waals surface area (Å²) in [5.41, 5.74) is 0.339. The fraction of sp³-hybridized carbons (Fsp3) is 0.189. The minimum atomic E-state index is -1.79. The van der Waals surface area contributed by atoms with Crippen LogP contribution in [-0.2, 0) is 5.75 Å². The molecule has 270 valence electrons. The highest BCUT2D eigenvalue weighted by molar-refractivity contribution is 7.98. The second-order valence-electron chi connectivity index (χ2n) is 12.5. The lowest BCUT2D eigenvalue weighted by Gasteiger charge is -2.40. The Morgan fingerprint density at radius 3 is 1.56 bits per heavy atom. The van der Waals surface area contributed by atoms with Crippen molar-refractivity contribution in [3.63, 3.8) is 0 Å². The maximum Gasteiger partial charge on any atom is 0.200 e. The minimum absolute atomic E-state index is 0.0142. The summed E-state index contributed by atoms with van der Waals surface area (Å²) in [5.74, 6) is -8.34. The number of rotatable bonds is 6. The third kappa shape index (κ3) is 5.74. The summed E-state index contributed by atoms with van der Waals surface area (Å²) in [5, 5.41) is 129. The van der Waals surface area contributed by atoms with E-state index in [9.17, 15) is 61.3 Å². The molecule has 52 heavy (non-hydrogen) atoms. The van der Waals surface area contributed by atoms with Gasteiger partial charge in [0.05, 0.1) is 16.7 Å². The largest absolute Gasteiger partial charge is 0.508 e. The zero-order valence-electron chi connectivity index (χ0n) is 26.7. The van der Waals surface area contributed by atoms with E-state index in [-0.39, 0.29) is 39.3 Å². The van der Waals surface area contributed by atoms with E-state index in [0.717, 1.165) is 48.0 Å². The molecule has 0 aromatic heterocycles. The van der Waals surface area contributed by atoms with Crippen molar-refractivity contribution in [3.8, 4) is 69.0 Å². The van der Waals surface area contributed by atoms with Crippen molar-refractivity contribution in [2.45, 2.75) is 41.3 Å². The lowest BCUT2D eigenvalue weighted by atomic mass is 9.77. The molecule has 0 aliphatic carbocycles. The molecule has 14 nitrogen and oxygen atoms in total. The average molecular weight is 733 g/mol. The van der Waals surface area contributed by atoms with Gasteiger partial charge in [0.25, 0.3) is 0 Å². The molecule has 0 saturated heterocycles. The van der Waals surface area contributed by atoms with Gasteiger partial charge in [-0.25, -0.2) is 0 Å². The fourth-order valence-corrected chi connectivity index (χ4v) is 8.10. The Morgan fingerprint density at radius 1 is 0.500 bits per heavy atom. The van der Waals surface area contributed by atoms with Gasteiger partial charge in [-0.2, -0.15) is 0 Å². The topological polar surface area (TPSA) is 261 Å². The number of hydrogen-bond donors (Lipinski definition) is 12. The zero-order valence-corrected chi connectivity index (χ0v) is 27.5. The van der Waals surface area contributed by atoms with E-state index in [0.29, 0.717) is 5.75 Å². The molecular weight excluding hydrogens is 700 g/mol. The van der Waals surface area contributed by atoms with Gasteiger partial charge in [-0.3, -0.25) is 0 Å². The lowest BCUT2D eigenvalue weighted by Crippen LogP contribution is -2.36. The van der Waals surface area contributed by atoms with Crippen molar-refractivity contribution < 1.29 is 70.8 Å². The second-order valence-corrected chi connectivity index (χ2v) is 13.6. The van der Waals surface area contributed by atoms with Crippen molar-refractivity contribution in [2.24, 2.45) is 0 Å². The minimum Gasteiger partial charge on any atom is -0.508 e. The van der Waals surface area contributed by atoms with Gasteiger partial charge in [-0.1, -0.05) is 30.3 Å². The van der Waals surface area contributed by atoms with Gasteiger partial charge in [0.1, 0.15) is 46.7 Å². The number of aliphatic hydroxyl groups excluding tert-OH is 2. The summed E-state index contributed by atoms with van der Waals surface area (Å²) in [6, 6.07) is 16.6. The molecule has 5 aromatic carbocycles. The van der Waals surface area contributed by atoms with Crippen molar-refractivity contribution in [1.82, 2.24) is 0 Å². The van der Waals surface area contributed by atoms with Crippen LogP contribution < -0.4 is 9.47 Å². The third-order valence-corrected chi connectivity index (χ3v) is 10.6. The van der Waals surface area contributed by atoms with E-state index in [1.54, 1.807) is 0 Å². The van der Waals surface area contributed by atoms with Crippen LogP contribution in [0, 0.1) is 0 Å². The summed E-state index contributed by atoms with van der Waals surface area (Å²) < 4.78 is 12.0. The highest BCUT2D eigenvalue weighted by Gasteiger charge is 2.47. The van der Waals surface area contributed by atoms with Gasteiger partial charge in [0.15, 0.2) is 46.7 Å². The quantitative estimate of drug-likeness (QED) is 0.104. The Bertz CT molecular complexity index is 2150. The molecule has 7 rings (SSSR count). The van der Waals surface area contributed by atoms with Gasteiger partial charge in [-0.15, -0.1) is 11.8 Å². The zero-order chi connectivity index (χ0) is 37.2. The predicted molar refractivity (Wildman–Crippen MR) is 183 cm³/mol. The number of aliphatic hydroxyl groups is 2. The number of fused-ring (bicyclic) bond motifs is 2. The van der Waals surface area contributed by atoms with Crippen LogP contribution >= 0.6 is 11.8 Å². The van der Waals surface area contributed by atoms with Gasteiger partial charge in [0.2, 0.25) is 0 Å². The van der Waals surface area contributed by atoms with Crippen molar-refractivity contribution in [3.05, 3.63) is 106 Å². The number of aromatic hydroxyl groups is 10. The first-order valence-corrected chi connectivity index (χ1v) is 16.8. The van der Waals surface area contributed by atoms with Crippen LogP contribution in [0.5, 0.6) is 69.0 Å². The first kappa shape index (κ1) is 34.4. The lowest BCUT2D eigenvalue weighted by molar-refractivity contribution is 0.00549. The van der Waals surface area contributed by atoms with Crippen LogP contribution in [0.15, 0.2) is 72.8 Å². The number of hydrogen-bond acceptors (Lipinski definition) is 15. The molecule has 15 heteroatoms. The Hall–Kier alpha value is -6.03. The van der Waals surface area contributed by atoms with E-state index < -0.39 is 93.1 Å². The standard InChI is InChI=1S/C37H32O14S/c38-17-10-18(39)26-24(11-17)50-35(15-6-20(41)30(45)21(42)7-15)33(48)29(26)27-19(40)12-25-28(32(27)47)37(52-13-14-4-2-1-3-5-14)34(49)36(51-25)16-8-22(43)31(46)23(44)9-16/h1-12,29,33-49H,13H2. The van der Waals surface area contributed by atoms with Crippen molar-refractivity contribution in [1.29, 1.82) is 0 Å². The number of benzene rings is 5. The number of phenols is 10. The molecule has 6 atom stereocenters. The SMILES string of the molecule is Oc1cc(O)c2c(c1)OC(c1cc(O)c(O)c(O)c1)C(O)C2c1c(O)cc2c(c1O)C(SCc1ccccc1)C(O)C(c1cc(O)c(O)c(O)c1)O2. The van der Waals surface area contributed by atoms with E-state index in [1.165, 1.54) is 11.8 Å². The molecule has 2 aliphatic rings. The molecular formula is C37H32O14S. The van der Waals surface area contributed by atoms with Gasteiger partial charge >= 0.3 is 0 Å². The van der Waals surface area contributed by atoms with Crippen LogP contribution in [0.25, 0.3) is 0 Å². The van der Waals surface area contributed by atoms with Crippen LogP contribution in [0.4, 0.5) is 0 Å². The summed E-state index contributed by atoms with van der Waals surface area (Å²) >= 11 is 1.19. The molecule has 0 amide bonds. The second kappa shape index (κ2) is 12.9. The van der Waals surface area contributed by atoms with Crippen molar-refractivity contribution in [2.75, 3.05) is 0 Å². The highest BCUT2D eigenvalue weighted by atomic mass is 32.2. The molecule has 2 aliphatic heterocycles. The van der Waals surface area contributed by atoms with Gasteiger partial charge in [-0.05, 0) is 29.8 Å². The Kier molecular flexibility index (Phi) is 8.57. The number of thioether (sulfide) groups is 1. The monoisotopic (exact) mass is 732 g/mol. The highest BCUT2D eigenvalue weighted by Crippen LogP contribution is 2.60. The summed E-state index contributed by atoms with van der Waals surface area (Å²) in [6.07, 6.45) is -6.08. The molecule has 12 N–H and O–H groups in total. The number of phenolic OH excluding ortho intramolecular Hbond substituents is 10. The molecule has 0 fully saturated rings. The molecule has 0 spiro atoms. The molecule has 0 radical (unpaired) electrons. The Balaban J connectivity index is 1.40. The van der Waals surface area contributed by atoms with Crippen LogP contribution in [-0.4, -0.2) is 73.5 Å². The maximum absolute atomic E-state index is 12.1. The van der Waals surface area contributed by atoms with E-state index in [4.69, 9.17) is 9.47 Å². The Labute approximate surface area is 298 Å². The van der Waals surface area contributed by atoms with E-state index in [2.05, 4.69) is 0 Å². The van der Waals surface area contributed by atoms with E-state index in [1.807, 2.05) is 30.3 Å². The van der Waals surface area contributed by atoms with E-state index >= 15 is 0 Å². The van der Waals surface area contributed by atoms with Gasteiger partial charge < -0.3 is 70.8 Å². The molecule has 0 saturated carbocycles. The summed E-state index contributed by atoms with van der Waals surface area (Å²) in [6.45, 7) is 0. The Morgan fingerprint density at radius 2 is 1.00 bits per heavy atom. The summed E-state index contributed by atoms with van der Waals surface area (Å²) in [4.78, 5) is 0. The fourth-order valence-electron chi connectivity index (χ4n) is 6.80. The third-order valence-electron chi connectivity index (χ3n) is 9.22. The number of ether oxygens (including phenoxy) is 2. The molecule has 2 heterocycles. The van der Waals surface area contributed by atoms with Crippen LogP contribution in [0.2, 0.25) is 0 Å². The first-order valence-electron chi connectivity index (χ1n) is 15.7.